The molecule has 8 heteroatoms. The van der Waals surface area contributed by atoms with Crippen molar-refractivity contribution in [3.8, 4) is 11.6 Å². The van der Waals surface area contributed by atoms with Crippen LogP contribution in [-0.4, -0.2) is 14.9 Å². The van der Waals surface area contributed by atoms with Gasteiger partial charge in [-0.15, -0.1) is 0 Å². The van der Waals surface area contributed by atoms with Crippen molar-refractivity contribution in [2.75, 3.05) is 0 Å². The highest BCUT2D eigenvalue weighted by Gasteiger charge is 2.24. The molecule has 2 aromatic rings. The predicted molar refractivity (Wildman–Crippen MR) is 82.1 cm³/mol. The summed E-state index contributed by atoms with van der Waals surface area (Å²) in [6.07, 6.45) is 0. The highest BCUT2D eigenvalue weighted by molar-refractivity contribution is 9.10. The summed E-state index contributed by atoms with van der Waals surface area (Å²) in [7, 11) is 0. The van der Waals surface area contributed by atoms with Crippen LogP contribution in [0.4, 0.5) is 5.69 Å². The van der Waals surface area contributed by atoms with E-state index in [2.05, 4.69) is 25.9 Å². The van der Waals surface area contributed by atoms with Gasteiger partial charge >= 0.3 is 11.6 Å². The van der Waals surface area contributed by atoms with Crippen molar-refractivity contribution >= 4 is 33.2 Å². The summed E-state index contributed by atoms with van der Waals surface area (Å²) >= 11 is 9.20. The maximum absolute atomic E-state index is 11.1. The van der Waals surface area contributed by atoms with Gasteiger partial charge in [0.1, 0.15) is 11.4 Å². The van der Waals surface area contributed by atoms with Crippen LogP contribution in [0.15, 0.2) is 16.6 Å². The quantitative estimate of drug-likeness (QED) is 0.450. The molecule has 0 aliphatic carbocycles. The zero-order valence-corrected chi connectivity index (χ0v) is 13.8. The molecule has 0 fully saturated rings. The Hall–Kier alpha value is -1.73. The fraction of sp³-hybridized carbons (Fsp3) is 0.231. The molecule has 6 nitrogen and oxygen atoms in total. The number of rotatable bonds is 3. The monoisotopic (exact) mass is 371 g/mol. The van der Waals surface area contributed by atoms with Gasteiger partial charge in [0, 0.05) is 4.47 Å². The standard InChI is InChI=1S/C13H11BrClN3O3/c1-6-4-9(5-7(2)10(6)14)21-12-11(18(19)20)8(3)16-13(15)17-12/h4-5H,1-3H3. The first-order valence-corrected chi connectivity index (χ1v) is 7.10. The van der Waals surface area contributed by atoms with Crippen LogP contribution in [0.25, 0.3) is 0 Å². The van der Waals surface area contributed by atoms with Gasteiger partial charge in [-0.25, -0.2) is 4.98 Å². The molecule has 0 unspecified atom stereocenters. The summed E-state index contributed by atoms with van der Waals surface area (Å²) in [4.78, 5) is 18.1. The molecule has 0 saturated carbocycles. The van der Waals surface area contributed by atoms with Crippen molar-refractivity contribution in [3.05, 3.63) is 48.8 Å². The fourth-order valence-electron chi connectivity index (χ4n) is 1.87. The van der Waals surface area contributed by atoms with Gasteiger partial charge in [0.25, 0.3) is 0 Å². The number of ether oxygens (including phenoxy) is 1. The van der Waals surface area contributed by atoms with Gasteiger partial charge in [0.2, 0.25) is 5.28 Å². The molecule has 0 radical (unpaired) electrons. The fourth-order valence-corrected chi connectivity index (χ4v) is 2.30. The number of benzene rings is 1. The maximum Gasteiger partial charge on any atom is 0.352 e. The van der Waals surface area contributed by atoms with Crippen LogP contribution in [0, 0.1) is 30.9 Å². The van der Waals surface area contributed by atoms with Crippen molar-refractivity contribution in [2.24, 2.45) is 0 Å². The number of nitrogens with zero attached hydrogens (tertiary/aromatic N) is 3. The van der Waals surface area contributed by atoms with Crippen LogP contribution in [0.2, 0.25) is 5.28 Å². The Balaban J connectivity index is 2.51. The van der Waals surface area contributed by atoms with Crippen molar-refractivity contribution in [1.82, 2.24) is 9.97 Å². The van der Waals surface area contributed by atoms with Gasteiger partial charge in [-0.05, 0) is 55.6 Å². The highest BCUT2D eigenvalue weighted by atomic mass is 79.9. The van der Waals surface area contributed by atoms with E-state index in [4.69, 9.17) is 16.3 Å². The average Bonchev–Trinajstić information content (AvgIpc) is 2.34. The van der Waals surface area contributed by atoms with E-state index in [1.807, 2.05) is 13.8 Å². The van der Waals surface area contributed by atoms with Crippen LogP contribution in [-0.2, 0) is 0 Å². The second-order valence-corrected chi connectivity index (χ2v) is 5.59. The van der Waals surface area contributed by atoms with Gasteiger partial charge < -0.3 is 4.74 Å². The SMILES string of the molecule is Cc1cc(Oc2nc(Cl)nc(C)c2[N+](=O)[O-])cc(C)c1Br. The maximum atomic E-state index is 11.1. The zero-order valence-electron chi connectivity index (χ0n) is 11.5. The molecule has 0 bridgehead atoms. The lowest BCUT2D eigenvalue weighted by Gasteiger charge is -2.10. The minimum Gasteiger partial charge on any atom is -0.434 e. The molecule has 0 aliphatic heterocycles. The smallest absolute Gasteiger partial charge is 0.352 e. The Morgan fingerprint density at radius 1 is 1.24 bits per heavy atom. The van der Waals surface area contributed by atoms with Crippen LogP contribution < -0.4 is 4.74 Å². The molecule has 0 aliphatic rings. The van der Waals surface area contributed by atoms with Crippen molar-refractivity contribution in [2.45, 2.75) is 20.8 Å². The van der Waals surface area contributed by atoms with E-state index in [9.17, 15) is 10.1 Å². The number of aromatic nitrogens is 2. The van der Waals surface area contributed by atoms with E-state index in [0.717, 1.165) is 15.6 Å². The van der Waals surface area contributed by atoms with Gasteiger partial charge in [-0.1, -0.05) is 15.9 Å². The molecule has 1 aromatic heterocycles. The number of hydrogen-bond donors (Lipinski definition) is 0. The summed E-state index contributed by atoms with van der Waals surface area (Å²) in [6.45, 7) is 5.28. The minimum atomic E-state index is -0.584. The Labute approximate surface area is 134 Å². The Kier molecular flexibility index (Phi) is 4.43. The zero-order chi connectivity index (χ0) is 15.7. The lowest BCUT2D eigenvalue weighted by molar-refractivity contribution is -0.386. The lowest BCUT2D eigenvalue weighted by Crippen LogP contribution is -2.02. The third kappa shape index (κ3) is 3.30. The molecule has 21 heavy (non-hydrogen) atoms. The summed E-state index contributed by atoms with van der Waals surface area (Å²) in [5.74, 6) is 0.282. The molecular weight excluding hydrogens is 362 g/mol. The second kappa shape index (κ2) is 5.95. The number of aryl methyl sites for hydroxylation is 3. The normalized spacial score (nSPS) is 10.5. The molecule has 110 valence electrons. The van der Waals surface area contributed by atoms with Crippen LogP contribution >= 0.6 is 27.5 Å². The second-order valence-electron chi connectivity index (χ2n) is 4.46. The first-order valence-electron chi connectivity index (χ1n) is 5.92. The van der Waals surface area contributed by atoms with Crippen molar-refractivity contribution < 1.29 is 9.66 Å². The number of nitro groups is 1. The molecule has 0 N–H and O–H groups in total. The van der Waals surface area contributed by atoms with Gasteiger partial charge in [0.15, 0.2) is 0 Å². The Morgan fingerprint density at radius 3 is 2.33 bits per heavy atom. The first-order chi connectivity index (χ1) is 9.79. The Bertz CT molecular complexity index is 714. The predicted octanol–water partition coefficient (Wildman–Crippen LogP) is 4.52. The van der Waals surface area contributed by atoms with Gasteiger partial charge in [0.05, 0.1) is 4.92 Å². The van der Waals surface area contributed by atoms with Crippen LogP contribution in [0.1, 0.15) is 16.8 Å². The van der Waals surface area contributed by atoms with Crippen molar-refractivity contribution in [3.63, 3.8) is 0 Å². The molecule has 2 rings (SSSR count). The number of halogens is 2. The largest absolute Gasteiger partial charge is 0.434 e. The summed E-state index contributed by atoms with van der Waals surface area (Å²) in [5, 5.41) is 11.0. The van der Waals surface area contributed by atoms with E-state index in [1.54, 1.807) is 12.1 Å². The van der Waals surface area contributed by atoms with E-state index in [1.165, 1.54) is 6.92 Å². The average molecular weight is 373 g/mol. The topological polar surface area (TPSA) is 78.2 Å². The molecule has 0 atom stereocenters. The van der Waals surface area contributed by atoms with E-state index in [0.29, 0.717) is 5.75 Å². The molecule has 1 heterocycles. The van der Waals surface area contributed by atoms with Crippen LogP contribution in [0.3, 0.4) is 0 Å². The summed E-state index contributed by atoms with van der Waals surface area (Å²) in [5.41, 5.74) is 1.76. The van der Waals surface area contributed by atoms with Crippen LogP contribution in [0.5, 0.6) is 11.6 Å². The summed E-state index contributed by atoms with van der Waals surface area (Å²) < 4.78 is 6.51. The highest BCUT2D eigenvalue weighted by Crippen LogP contribution is 2.34. The van der Waals surface area contributed by atoms with E-state index in [-0.39, 0.29) is 22.5 Å². The Morgan fingerprint density at radius 2 is 1.81 bits per heavy atom. The van der Waals surface area contributed by atoms with Gasteiger partial charge in [-0.3, -0.25) is 10.1 Å². The molecule has 0 spiro atoms. The van der Waals surface area contributed by atoms with Crippen molar-refractivity contribution in [1.29, 1.82) is 0 Å². The third-order valence-electron chi connectivity index (χ3n) is 2.81. The molecule has 0 saturated heterocycles. The number of hydrogen-bond acceptors (Lipinski definition) is 5. The molecule has 0 amide bonds. The molecule has 1 aromatic carbocycles. The summed E-state index contributed by atoms with van der Waals surface area (Å²) in [6, 6.07) is 3.51. The van der Waals surface area contributed by atoms with E-state index < -0.39 is 4.92 Å². The minimum absolute atomic E-state index is 0.0985. The molecular formula is C13H11BrClN3O3. The van der Waals surface area contributed by atoms with E-state index >= 15 is 0 Å². The third-order valence-corrected chi connectivity index (χ3v) is 4.23. The first kappa shape index (κ1) is 15.7. The lowest BCUT2D eigenvalue weighted by atomic mass is 10.1. The van der Waals surface area contributed by atoms with Gasteiger partial charge in [-0.2, -0.15) is 4.98 Å².